The Morgan fingerprint density at radius 1 is 1.45 bits per heavy atom. The minimum atomic E-state index is -0.0234. The van der Waals surface area contributed by atoms with Gasteiger partial charge in [-0.3, -0.25) is 10.1 Å². The van der Waals surface area contributed by atoms with Gasteiger partial charge >= 0.3 is 0 Å². The Bertz CT molecular complexity index is 460. The lowest BCUT2D eigenvalue weighted by atomic mass is 10.1. The third-order valence-corrected chi connectivity index (χ3v) is 3.67. The molecule has 1 unspecified atom stereocenters. The molecule has 20 heavy (non-hydrogen) atoms. The number of carbonyl (C=O) groups excluding carboxylic acids is 1. The van der Waals surface area contributed by atoms with Crippen LogP contribution in [0.25, 0.3) is 0 Å². The van der Waals surface area contributed by atoms with Gasteiger partial charge in [-0.1, -0.05) is 26.0 Å². The van der Waals surface area contributed by atoms with Crippen molar-refractivity contribution in [2.45, 2.75) is 32.9 Å². The Morgan fingerprint density at radius 3 is 2.95 bits per heavy atom. The molecule has 1 saturated heterocycles. The van der Waals surface area contributed by atoms with Crippen LogP contribution in [0.15, 0.2) is 24.3 Å². The first kappa shape index (κ1) is 14.9. The lowest BCUT2D eigenvalue weighted by Gasteiger charge is -2.25. The smallest absolute Gasteiger partial charge is 0.238 e. The van der Waals surface area contributed by atoms with Crippen molar-refractivity contribution < 1.29 is 9.53 Å². The zero-order valence-electron chi connectivity index (χ0n) is 12.6. The largest absolute Gasteiger partial charge is 0.497 e. The number of hydrogen-bond acceptors (Lipinski definition) is 3. The van der Waals surface area contributed by atoms with E-state index in [2.05, 4.69) is 19.2 Å². The molecule has 0 saturated carbocycles. The minimum Gasteiger partial charge on any atom is -0.497 e. The molecule has 2 rings (SSSR count). The lowest BCUT2D eigenvalue weighted by Crippen LogP contribution is -2.31. The van der Waals surface area contributed by atoms with Crippen molar-refractivity contribution in [3.05, 3.63) is 29.8 Å². The number of amides is 1. The normalized spacial score (nSPS) is 18.9. The van der Waals surface area contributed by atoms with Crippen LogP contribution in [0, 0.1) is 5.92 Å². The second-order valence-electron chi connectivity index (χ2n) is 5.68. The Balaban J connectivity index is 2.06. The van der Waals surface area contributed by atoms with Crippen molar-refractivity contribution in [1.29, 1.82) is 0 Å². The van der Waals surface area contributed by atoms with Gasteiger partial charge in [-0.15, -0.1) is 0 Å². The number of ether oxygens (including phenoxy) is 1. The van der Waals surface area contributed by atoms with Crippen LogP contribution in [0.3, 0.4) is 0 Å². The zero-order chi connectivity index (χ0) is 14.5. The van der Waals surface area contributed by atoms with Crippen molar-refractivity contribution in [3.63, 3.8) is 0 Å². The van der Waals surface area contributed by atoms with Crippen LogP contribution in [-0.4, -0.2) is 31.0 Å². The van der Waals surface area contributed by atoms with Gasteiger partial charge in [0.25, 0.3) is 0 Å². The van der Waals surface area contributed by atoms with Crippen molar-refractivity contribution in [2.75, 3.05) is 20.2 Å². The molecule has 1 heterocycles. The Labute approximate surface area is 121 Å². The summed E-state index contributed by atoms with van der Waals surface area (Å²) in [6, 6.07) is 7.91. The highest BCUT2D eigenvalue weighted by Crippen LogP contribution is 2.26. The highest BCUT2D eigenvalue weighted by Gasteiger charge is 2.31. The molecule has 0 bridgehead atoms. The standard InChI is InChI=1S/C16H24N2O2/c1-12(2)6-5-9-18-15(19)11-17-16(18)13-7-4-8-14(10-13)20-3/h4,7-8,10,12,16-17H,5-6,9,11H2,1-3H3. The lowest BCUT2D eigenvalue weighted by molar-refractivity contribution is -0.128. The van der Waals surface area contributed by atoms with Gasteiger partial charge in [-0.05, 0) is 36.5 Å². The third kappa shape index (κ3) is 3.51. The van der Waals surface area contributed by atoms with E-state index in [1.54, 1.807) is 7.11 Å². The van der Waals surface area contributed by atoms with Gasteiger partial charge in [0.15, 0.2) is 0 Å². The first-order valence-corrected chi connectivity index (χ1v) is 7.28. The van der Waals surface area contributed by atoms with E-state index < -0.39 is 0 Å². The SMILES string of the molecule is COc1cccc(C2NCC(=O)N2CCCC(C)C)c1. The summed E-state index contributed by atoms with van der Waals surface area (Å²) in [5, 5.41) is 3.28. The molecular weight excluding hydrogens is 252 g/mol. The quantitative estimate of drug-likeness (QED) is 0.868. The molecule has 1 amide bonds. The van der Waals surface area contributed by atoms with E-state index in [0.29, 0.717) is 12.5 Å². The number of rotatable bonds is 6. The van der Waals surface area contributed by atoms with Gasteiger partial charge < -0.3 is 9.64 Å². The molecule has 4 nitrogen and oxygen atoms in total. The second kappa shape index (κ2) is 6.75. The summed E-state index contributed by atoms with van der Waals surface area (Å²) >= 11 is 0. The van der Waals surface area contributed by atoms with E-state index in [9.17, 15) is 4.79 Å². The predicted molar refractivity (Wildman–Crippen MR) is 79.5 cm³/mol. The molecule has 1 aliphatic rings. The number of hydrogen-bond donors (Lipinski definition) is 1. The van der Waals surface area contributed by atoms with Crippen LogP contribution >= 0.6 is 0 Å². The molecule has 1 N–H and O–H groups in total. The van der Waals surface area contributed by atoms with E-state index in [1.807, 2.05) is 29.2 Å². The summed E-state index contributed by atoms with van der Waals surface area (Å²) in [5.41, 5.74) is 1.08. The number of benzene rings is 1. The van der Waals surface area contributed by atoms with Crippen molar-refractivity contribution >= 4 is 5.91 Å². The molecule has 0 aromatic heterocycles. The van der Waals surface area contributed by atoms with Crippen LogP contribution in [-0.2, 0) is 4.79 Å². The summed E-state index contributed by atoms with van der Waals surface area (Å²) < 4.78 is 5.26. The third-order valence-electron chi connectivity index (χ3n) is 3.67. The van der Waals surface area contributed by atoms with Crippen LogP contribution < -0.4 is 10.1 Å². The average Bonchev–Trinajstić information content (AvgIpc) is 2.80. The van der Waals surface area contributed by atoms with Gasteiger partial charge in [0.2, 0.25) is 5.91 Å². The highest BCUT2D eigenvalue weighted by molar-refractivity contribution is 5.80. The maximum absolute atomic E-state index is 12.0. The number of nitrogens with one attached hydrogen (secondary N) is 1. The molecule has 1 fully saturated rings. The molecule has 110 valence electrons. The Hall–Kier alpha value is -1.55. The number of carbonyl (C=O) groups is 1. The van der Waals surface area contributed by atoms with Crippen LogP contribution in [0.2, 0.25) is 0 Å². The maximum Gasteiger partial charge on any atom is 0.238 e. The fraction of sp³-hybridized carbons (Fsp3) is 0.562. The van der Waals surface area contributed by atoms with E-state index in [0.717, 1.165) is 30.7 Å². The topological polar surface area (TPSA) is 41.6 Å². The molecule has 4 heteroatoms. The summed E-state index contributed by atoms with van der Waals surface area (Å²) in [5.74, 6) is 1.68. The first-order valence-electron chi connectivity index (χ1n) is 7.28. The molecule has 1 aliphatic heterocycles. The van der Waals surface area contributed by atoms with Gasteiger partial charge in [0.1, 0.15) is 11.9 Å². The summed E-state index contributed by atoms with van der Waals surface area (Å²) in [6.07, 6.45) is 2.17. The van der Waals surface area contributed by atoms with Crippen molar-refractivity contribution in [1.82, 2.24) is 10.2 Å². The van der Waals surface area contributed by atoms with Crippen molar-refractivity contribution in [3.8, 4) is 5.75 Å². The van der Waals surface area contributed by atoms with Crippen LogP contribution in [0.5, 0.6) is 5.75 Å². The second-order valence-corrected chi connectivity index (χ2v) is 5.68. The highest BCUT2D eigenvalue weighted by atomic mass is 16.5. The molecule has 0 spiro atoms. The van der Waals surface area contributed by atoms with Gasteiger partial charge in [0, 0.05) is 6.54 Å². The van der Waals surface area contributed by atoms with Gasteiger partial charge in [-0.2, -0.15) is 0 Å². The monoisotopic (exact) mass is 276 g/mol. The maximum atomic E-state index is 12.0. The zero-order valence-corrected chi connectivity index (χ0v) is 12.6. The van der Waals surface area contributed by atoms with Gasteiger partial charge in [-0.25, -0.2) is 0 Å². The van der Waals surface area contributed by atoms with E-state index >= 15 is 0 Å². The van der Waals surface area contributed by atoms with Gasteiger partial charge in [0.05, 0.1) is 13.7 Å². The molecule has 1 aromatic rings. The van der Waals surface area contributed by atoms with E-state index in [-0.39, 0.29) is 12.1 Å². The average molecular weight is 276 g/mol. The Morgan fingerprint density at radius 2 is 2.25 bits per heavy atom. The minimum absolute atomic E-state index is 0.0234. The molecule has 1 aromatic carbocycles. The molecular formula is C16H24N2O2. The van der Waals surface area contributed by atoms with Crippen LogP contribution in [0.4, 0.5) is 0 Å². The molecule has 0 radical (unpaired) electrons. The summed E-state index contributed by atoms with van der Waals surface area (Å²) in [6.45, 7) is 5.66. The van der Waals surface area contributed by atoms with E-state index in [1.165, 1.54) is 0 Å². The number of nitrogens with zero attached hydrogens (tertiary/aromatic N) is 1. The first-order chi connectivity index (χ1) is 9.61. The fourth-order valence-electron chi connectivity index (χ4n) is 2.57. The van der Waals surface area contributed by atoms with E-state index in [4.69, 9.17) is 4.74 Å². The molecule has 1 atom stereocenters. The fourth-order valence-corrected chi connectivity index (χ4v) is 2.57. The Kier molecular flexibility index (Phi) is 5.01. The molecule has 0 aliphatic carbocycles. The summed E-state index contributed by atoms with van der Waals surface area (Å²) in [7, 11) is 1.66. The van der Waals surface area contributed by atoms with Crippen molar-refractivity contribution in [2.24, 2.45) is 5.92 Å². The predicted octanol–water partition coefficient (Wildman–Crippen LogP) is 2.56. The number of methoxy groups -OCH3 is 1. The summed E-state index contributed by atoms with van der Waals surface area (Å²) in [4.78, 5) is 14.0. The van der Waals surface area contributed by atoms with Crippen LogP contribution in [0.1, 0.15) is 38.4 Å².